The molecule has 1 aromatic carbocycles. The van der Waals surface area contributed by atoms with E-state index >= 15 is 0 Å². The van der Waals surface area contributed by atoms with E-state index < -0.39 is 6.04 Å². The maximum Gasteiger partial charge on any atom is 0.137 e. The lowest BCUT2D eigenvalue weighted by molar-refractivity contribution is -0.108. The third-order valence-electron chi connectivity index (χ3n) is 1.59. The second-order valence-electron chi connectivity index (χ2n) is 2.60. The molecule has 0 spiro atoms. The minimum absolute atomic E-state index is 0.454. The van der Waals surface area contributed by atoms with Gasteiger partial charge in [0.15, 0.2) is 0 Å². The van der Waals surface area contributed by atoms with Gasteiger partial charge in [-0.2, -0.15) is 0 Å². The first-order valence-corrected chi connectivity index (χ1v) is 4.06. The maximum absolute atomic E-state index is 10.3. The van der Waals surface area contributed by atoms with Crippen molar-refractivity contribution in [3.05, 3.63) is 34.9 Å². The molecular formula is C9H10ClNO. The van der Waals surface area contributed by atoms with Gasteiger partial charge in [-0.1, -0.05) is 29.8 Å². The summed E-state index contributed by atoms with van der Waals surface area (Å²) in [7, 11) is 0. The minimum atomic E-state index is -0.454. The minimum Gasteiger partial charge on any atom is -0.321 e. The molecule has 0 aliphatic rings. The Morgan fingerprint density at radius 3 is 2.75 bits per heavy atom. The molecule has 0 radical (unpaired) electrons. The molecule has 0 unspecified atom stereocenters. The van der Waals surface area contributed by atoms with Crippen LogP contribution in [0.5, 0.6) is 0 Å². The molecule has 64 valence electrons. The van der Waals surface area contributed by atoms with E-state index in [-0.39, 0.29) is 0 Å². The highest BCUT2D eigenvalue weighted by atomic mass is 35.5. The molecule has 0 saturated heterocycles. The van der Waals surface area contributed by atoms with E-state index in [0.717, 1.165) is 11.8 Å². The number of rotatable bonds is 3. The summed E-state index contributed by atoms with van der Waals surface area (Å²) in [6.45, 7) is 0. The average molecular weight is 184 g/mol. The molecule has 1 atom stereocenters. The highest BCUT2D eigenvalue weighted by Gasteiger charge is 2.04. The maximum atomic E-state index is 10.3. The average Bonchev–Trinajstić information content (AvgIpc) is 2.09. The van der Waals surface area contributed by atoms with Gasteiger partial charge in [0.1, 0.15) is 6.29 Å². The first kappa shape index (κ1) is 9.23. The van der Waals surface area contributed by atoms with Gasteiger partial charge in [0.2, 0.25) is 0 Å². The number of nitrogens with two attached hydrogens (primary N) is 1. The molecule has 0 aliphatic heterocycles. The molecule has 2 N–H and O–H groups in total. The first-order valence-electron chi connectivity index (χ1n) is 3.68. The summed E-state index contributed by atoms with van der Waals surface area (Å²) in [5, 5.41) is 0.662. The molecule has 0 saturated carbocycles. The van der Waals surface area contributed by atoms with Crippen molar-refractivity contribution >= 4 is 17.9 Å². The summed E-state index contributed by atoms with van der Waals surface area (Å²) in [6, 6.07) is 6.92. The molecule has 0 fully saturated rings. The van der Waals surface area contributed by atoms with Gasteiger partial charge in [0.25, 0.3) is 0 Å². The van der Waals surface area contributed by atoms with Crippen molar-refractivity contribution in [3.63, 3.8) is 0 Å². The van der Waals surface area contributed by atoms with Crippen LogP contribution in [0.3, 0.4) is 0 Å². The summed E-state index contributed by atoms with van der Waals surface area (Å²) in [5.74, 6) is 0. The lowest BCUT2D eigenvalue weighted by atomic mass is 10.1. The zero-order valence-electron chi connectivity index (χ0n) is 6.53. The molecule has 1 rings (SSSR count). The molecule has 3 heteroatoms. The van der Waals surface area contributed by atoms with Crippen molar-refractivity contribution in [1.82, 2.24) is 0 Å². The molecule has 0 aromatic heterocycles. The van der Waals surface area contributed by atoms with Crippen LogP contribution in [0, 0.1) is 0 Å². The van der Waals surface area contributed by atoms with Crippen molar-refractivity contribution in [2.75, 3.05) is 0 Å². The van der Waals surface area contributed by atoms with E-state index in [9.17, 15) is 4.79 Å². The number of benzene rings is 1. The van der Waals surface area contributed by atoms with Gasteiger partial charge < -0.3 is 10.5 Å². The first-order chi connectivity index (χ1) is 5.74. The van der Waals surface area contributed by atoms with Crippen LogP contribution in [0.25, 0.3) is 0 Å². The highest BCUT2D eigenvalue weighted by Crippen LogP contribution is 2.15. The van der Waals surface area contributed by atoms with Gasteiger partial charge in [0, 0.05) is 5.02 Å². The number of carbonyl (C=O) groups excluding carboxylic acids is 1. The van der Waals surface area contributed by atoms with E-state index in [0.29, 0.717) is 11.4 Å². The van der Waals surface area contributed by atoms with Crippen LogP contribution >= 0.6 is 11.6 Å². The number of hydrogen-bond acceptors (Lipinski definition) is 2. The van der Waals surface area contributed by atoms with Crippen LogP contribution in [-0.2, 0) is 11.2 Å². The molecule has 2 nitrogen and oxygen atoms in total. The van der Waals surface area contributed by atoms with Gasteiger partial charge in [-0.25, -0.2) is 0 Å². The fourth-order valence-corrected chi connectivity index (χ4v) is 1.18. The molecule has 0 heterocycles. The highest BCUT2D eigenvalue weighted by molar-refractivity contribution is 6.31. The third-order valence-corrected chi connectivity index (χ3v) is 1.96. The number of hydrogen-bond donors (Lipinski definition) is 1. The van der Waals surface area contributed by atoms with Crippen LogP contribution in [0.15, 0.2) is 24.3 Å². The van der Waals surface area contributed by atoms with Crippen LogP contribution < -0.4 is 5.73 Å². The topological polar surface area (TPSA) is 43.1 Å². The Morgan fingerprint density at radius 2 is 2.17 bits per heavy atom. The Balaban J connectivity index is 2.75. The van der Waals surface area contributed by atoms with Crippen molar-refractivity contribution in [3.8, 4) is 0 Å². The summed E-state index contributed by atoms with van der Waals surface area (Å²) < 4.78 is 0. The number of carbonyl (C=O) groups is 1. The Labute approximate surface area is 76.3 Å². The summed E-state index contributed by atoms with van der Waals surface area (Å²) in [4.78, 5) is 10.3. The summed E-state index contributed by atoms with van der Waals surface area (Å²) >= 11 is 5.85. The normalized spacial score (nSPS) is 12.5. The van der Waals surface area contributed by atoms with Crippen molar-refractivity contribution in [2.24, 2.45) is 5.73 Å². The Kier molecular flexibility index (Phi) is 3.26. The van der Waals surface area contributed by atoms with Crippen molar-refractivity contribution in [1.29, 1.82) is 0 Å². The number of aldehydes is 1. The van der Waals surface area contributed by atoms with Gasteiger partial charge in [-0.3, -0.25) is 0 Å². The van der Waals surface area contributed by atoms with Crippen LogP contribution in [0.2, 0.25) is 5.02 Å². The monoisotopic (exact) mass is 183 g/mol. The smallest absolute Gasteiger partial charge is 0.137 e. The van der Waals surface area contributed by atoms with Crippen LogP contribution in [-0.4, -0.2) is 12.3 Å². The van der Waals surface area contributed by atoms with Crippen LogP contribution in [0.1, 0.15) is 5.56 Å². The van der Waals surface area contributed by atoms with Crippen LogP contribution in [0.4, 0.5) is 0 Å². The van der Waals surface area contributed by atoms with E-state index in [4.69, 9.17) is 17.3 Å². The SMILES string of the molecule is N[C@@H](C=O)Cc1ccccc1Cl. The molecule has 0 amide bonds. The van der Waals surface area contributed by atoms with Gasteiger partial charge in [-0.05, 0) is 18.1 Å². The zero-order valence-corrected chi connectivity index (χ0v) is 7.29. The van der Waals surface area contributed by atoms with E-state index in [1.54, 1.807) is 6.07 Å². The second kappa shape index (κ2) is 4.24. The molecular weight excluding hydrogens is 174 g/mol. The van der Waals surface area contributed by atoms with Gasteiger partial charge in [-0.15, -0.1) is 0 Å². The predicted molar refractivity (Wildman–Crippen MR) is 49.2 cm³/mol. The predicted octanol–water partition coefficient (Wildman–Crippen LogP) is 1.41. The summed E-state index contributed by atoms with van der Waals surface area (Å²) in [5.41, 5.74) is 6.36. The number of halogens is 1. The Hall–Kier alpha value is -0.860. The fraction of sp³-hybridized carbons (Fsp3) is 0.222. The van der Waals surface area contributed by atoms with E-state index in [1.165, 1.54) is 0 Å². The molecule has 0 bridgehead atoms. The standard InChI is InChI=1S/C9H10ClNO/c10-9-4-2-1-3-7(9)5-8(11)6-12/h1-4,6,8H,5,11H2/t8-/m1/s1. The molecule has 12 heavy (non-hydrogen) atoms. The Bertz CT molecular complexity index is 275. The quantitative estimate of drug-likeness (QED) is 0.721. The van der Waals surface area contributed by atoms with Crippen molar-refractivity contribution < 1.29 is 4.79 Å². The Morgan fingerprint density at radius 1 is 1.50 bits per heavy atom. The lowest BCUT2D eigenvalue weighted by Crippen LogP contribution is -2.24. The zero-order chi connectivity index (χ0) is 8.97. The van der Waals surface area contributed by atoms with Gasteiger partial charge in [0.05, 0.1) is 6.04 Å². The fourth-order valence-electron chi connectivity index (χ4n) is 0.966. The van der Waals surface area contributed by atoms with Crippen molar-refractivity contribution in [2.45, 2.75) is 12.5 Å². The summed E-state index contributed by atoms with van der Waals surface area (Å²) in [6.07, 6.45) is 1.23. The van der Waals surface area contributed by atoms with E-state index in [2.05, 4.69) is 0 Å². The van der Waals surface area contributed by atoms with E-state index in [1.807, 2.05) is 18.2 Å². The largest absolute Gasteiger partial charge is 0.321 e. The molecule has 1 aromatic rings. The van der Waals surface area contributed by atoms with Gasteiger partial charge >= 0.3 is 0 Å². The molecule has 0 aliphatic carbocycles. The second-order valence-corrected chi connectivity index (χ2v) is 3.00. The third kappa shape index (κ3) is 2.32. The lowest BCUT2D eigenvalue weighted by Gasteiger charge is -2.05.